The summed E-state index contributed by atoms with van der Waals surface area (Å²) in [6.45, 7) is 4.54. The molecule has 0 fully saturated rings. The Labute approximate surface area is 214 Å². The molecule has 0 aromatic carbocycles. The maximum Gasteiger partial charge on any atom is 0.306 e. The van der Waals surface area contributed by atoms with Crippen molar-refractivity contribution in [1.82, 2.24) is 0 Å². The highest BCUT2D eigenvalue weighted by molar-refractivity contribution is 5.69. The molecule has 0 heterocycles. The van der Waals surface area contributed by atoms with Gasteiger partial charge in [0, 0.05) is 0 Å². The van der Waals surface area contributed by atoms with E-state index in [2.05, 4.69) is 26.0 Å². The number of carboxylic acid groups (broad SMARTS) is 1. The average molecular weight is 479 g/mol. The summed E-state index contributed by atoms with van der Waals surface area (Å²) in [5, 5.41) is 9.55. The molecular weight excluding hydrogens is 416 g/mol. The molecular formula is C32H62O2. The minimum atomic E-state index is -0.569. The van der Waals surface area contributed by atoms with Crippen LogP contribution < -0.4 is 0 Å². The van der Waals surface area contributed by atoms with Gasteiger partial charge in [0.2, 0.25) is 0 Å². The van der Waals surface area contributed by atoms with Crippen LogP contribution in [-0.4, -0.2) is 11.1 Å². The van der Waals surface area contributed by atoms with Crippen LogP contribution in [0.15, 0.2) is 12.2 Å². The van der Waals surface area contributed by atoms with Crippen molar-refractivity contribution in [3.05, 3.63) is 12.2 Å². The lowest BCUT2D eigenvalue weighted by molar-refractivity contribution is -0.142. The van der Waals surface area contributed by atoms with Gasteiger partial charge in [0.1, 0.15) is 0 Å². The Morgan fingerprint density at radius 2 is 0.794 bits per heavy atom. The molecule has 0 saturated carbocycles. The van der Waals surface area contributed by atoms with Crippen molar-refractivity contribution in [3.63, 3.8) is 0 Å². The van der Waals surface area contributed by atoms with Crippen LogP contribution in [0.25, 0.3) is 0 Å². The van der Waals surface area contributed by atoms with E-state index in [4.69, 9.17) is 0 Å². The fraction of sp³-hybridized carbons (Fsp3) is 0.906. The second-order valence-electron chi connectivity index (χ2n) is 10.7. The minimum Gasteiger partial charge on any atom is -0.481 e. The molecule has 0 aliphatic carbocycles. The van der Waals surface area contributed by atoms with E-state index in [0.29, 0.717) is 0 Å². The molecule has 1 N–H and O–H groups in total. The molecule has 202 valence electrons. The summed E-state index contributed by atoms with van der Waals surface area (Å²) < 4.78 is 0. The molecule has 0 aromatic rings. The first-order chi connectivity index (χ1) is 16.7. The van der Waals surface area contributed by atoms with Crippen molar-refractivity contribution in [2.75, 3.05) is 0 Å². The maximum absolute atomic E-state index is 11.6. The number of unbranched alkanes of at least 4 members (excludes halogenated alkanes) is 21. The molecule has 0 aliphatic rings. The second kappa shape index (κ2) is 28.4. The summed E-state index contributed by atoms with van der Waals surface area (Å²) in [5.74, 6) is -0.680. The van der Waals surface area contributed by atoms with Crippen molar-refractivity contribution >= 4 is 5.97 Å². The summed E-state index contributed by atoms with van der Waals surface area (Å²) in [6.07, 6.45) is 38.0. The Hall–Kier alpha value is -0.790. The zero-order chi connectivity index (χ0) is 25.0. The molecule has 0 saturated heterocycles. The van der Waals surface area contributed by atoms with Crippen LogP contribution in [0.3, 0.4) is 0 Å². The Morgan fingerprint density at radius 3 is 1.15 bits per heavy atom. The van der Waals surface area contributed by atoms with E-state index in [-0.39, 0.29) is 5.92 Å². The molecule has 34 heavy (non-hydrogen) atoms. The predicted octanol–water partition coefficient (Wildman–Crippen LogP) is 11.4. The Morgan fingerprint density at radius 1 is 0.500 bits per heavy atom. The van der Waals surface area contributed by atoms with Crippen molar-refractivity contribution in [2.45, 2.75) is 181 Å². The van der Waals surface area contributed by atoms with Crippen molar-refractivity contribution < 1.29 is 9.90 Å². The van der Waals surface area contributed by atoms with E-state index in [1.165, 1.54) is 141 Å². The quantitative estimate of drug-likeness (QED) is 0.0896. The molecule has 2 heteroatoms. The van der Waals surface area contributed by atoms with E-state index >= 15 is 0 Å². The lowest BCUT2D eigenvalue weighted by Gasteiger charge is -2.12. The van der Waals surface area contributed by atoms with Gasteiger partial charge in [-0.15, -0.1) is 0 Å². The number of carboxylic acids is 1. The van der Waals surface area contributed by atoms with E-state index < -0.39 is 5.97 Å². The zero-order valence-electron chi connectivity index (χ0n) is 23.5. The molecule has 0 aliphatic heterocycles. The van der Waals surface area contributed by atoms with Crippen molar-refractivity contribution in [3.8, 4) is 0 Å². The number of hydrogen-bond acceptors (Lipinski definition) is 1. The first-order valence-electron chi connectivity index (χ1n) is 15.6. The van der Waals surface area contributed by atoms with E-state index in [1.54, 1.807) is 0 Å². The molecule has 2 nitrogen and oxygen atoms in total. The highest BCUT2D eigenvalue weighted by atomic mass is 16.4. The molecule has 0 radical (unpaired) electrons. The van der Waals surface area contributed by atoms with Gasteiger partial charge in [-0.2, -0.15) is 0 Å². The summed E-state index contributed by atoms with van der Waals surface area (Å²) >= 11 is 0. The van der Waals surface area contributed by atoms with Gasteiger partial charge in [0.05, 0.1) is 5.92 Å². The fourth-order valence-corrected chi connectivity index (χ4v) is 4.91. The minimum absolute atomic E-state index is 0.111. The Balaban J connectivity index is 3.46. The van der Waals surface area contributed by atoms with Crippen molar-refractivity contribution in [2.24, 2.45) is 5.92 Å². The van der Waals surface area contributed by atoms with Crippen LogP contribution in [0.1, 0.15) is 181 Å². The van der Waals surface area contributed by atoms with E-state index in [9.17, 15) is 9.90 Å². The molecule has 0 aromatic heterocycles. The average Bonchev–Trinajstić information content (AvgIpc) is 2.83. The summed E-state index contributed by atoms with van der Waals surface area (Å²) in [7, 11) is 0. The van der Waals surface area contributed by atoms with Gasteiger partial charge in [0.25, 0.3) is 0 Å². The third-order valence-corrected chi connectivity index (χ3v) is 7.32. The van der Waals surface area contributed by atoms with Crippen LogP contribution in [0.4, 0.5) is 0 Å². The molecule has 0 amide bonds. The second-order valence-corrected chi connectivity index (χ2v) is 10.7. The first kappa shape index (κ1) is 33.2. The molecule has 1 atom stereocenters. The maximum atomic E-state index is 11.6. The lowest BCUT2D eigenvalue weighted by Crippen LogP contribution is -2.13. The van der Waals surface area contributed by atoms with Crippen molar-refractivity contribution in [1.29, 1.82) is 0 Å². The van der Waals surface area contributed by atoms with Crippen LogP contribution in [-0.2, 0) is 4.79 Å². The molecule has 0 rings (SSSR count). The number of hydrogen-bond donors (Lipinski definition) is 1. The lowest BCUT2D eigenvalue weighted by atomic mass is 9.94. The van der Waals surface area contributed by atoms with Gasteiger partial charge in [-0.05, 0) is 38.5 Å². The van der Waals surface area contributed by atoms with Gasteiger partial charge >= 0.3 is 5.97 Å². The standard InChI is InChI=1S/C32H62O2/c1-3-5-7-9-11-13-15-17-18-20-22-24-26-28-30-31(32(33)34)29-27-25-23-21-19-16-14-12-10-8-6-4-2/h14,16,31H,3-13,15,17-30H2,1-2H3,(H,33,34)/b16-14-. The Bertz CT molecular complexity index is 429. The van der Waals surface area contributed by atoms with E-state index in [1.807, 2.05) is 0 Å². The highest BCUT2D eigenvalue weighted by Gasteiger charge is 2.16. The normalized spacial score (nSPS) is 12.5. The van der Waals surface area contributed by atoms with Gasteiger partial charge in [0.15, 0.2) is 0 Å². The van der Waals surface area contributed by atoms with Gasteiger partial charge in [-0.1, -0.05) is 154 Å². The Kier molecular flexibility index (Phi) is 27.8. The number of rotatable bonds is 28. The monoisotopic (exact) mass is 478 g/mol. The fourth-order valence-electron chi connectivity index (χ4n) is 4.91. The van der Waals surface area contributed by atoms with Gasteiger partial charge in [-0.3, -0.25) is 4.79 Å². The summed E-state index contributed by atoms with van der Waals surface area (Å²) in [5.41, 5.74) is 0. The third-order valence-electron chi connectivity index (χ3n) is 7.32. The number of carbonyl (C=O) groups is 1. The summed E-state index contributed by atoms with van der Waals surface area (Å²) in [4.78, 5) is 11.6. The molecule has 1 unspecified atom stereocenters. The van der Waals surface area contributed by atoms with Gasteiger partial charge < -0.3 is 5.11 Å². The smallest absolute Gasteiger partial charge is 0.306 e. The summed E-state index contributed by atoms with van der Waals surface area (Å²) in [6, 6.07) is 0. The van der Waals surface area contributed by atoms with E-state index in [0.717, 1.165) is 25.7 Å². The van der Waals surface area contributed by atoms with Gasteiger partial charge in [-0.25, -0.2) is 0 Å². The van der Waals surface area contributed by atoms with Crippen LogP contribution >= 0.6 is 0 Å². The zero-order valence-corrected chi connectivity index (χ0v) is 23.5. The third kappa shape index (κ3) is 25.8. The SMILES string of the molecule is CCCCCC/C=C\CCCCCCC(CCCCCCCCCCCCCCCC)C(=O)O. The predicted molar refractivity (Wildman–Crippen MR) is 152 cm³/mol. The van der Waals surface area contributed by atoms with Crippen LogP contribution in [0.2, 0.25) is 0 Å². The van der Waals surface area contributed by atoms with Crippen LogP contribution in [0, 0.1) is 5.92 Å². The molecule has 0 bridgehead atoms. The number of allylic oxidation sites excluding steroid dienone is 2. The molecule has 0 spiro atoms. The van der Waals surface area contributed by atoms with Crippen LogP contribution in [0.5, 0.6) is 0 Å². The highest BCUT2D eigenvalue weighted by Crippen LogP contribution is 2.20. The number of aliphatic carboxylic acids is 1. The largest absolute Gasteiger partial charge is 0.481 e. The first-order valence-corrected chi connectivity index (χ1v) is 15.6. The topological polar surface area (TPSA) is 37.3 Å².